The Hall–Kier alpha value is -1.42. The number of carbonyl (C=O) groups is 4. The van der Waals surface area contributed by atoms with Crippen molar-refractivity contribution in [2.45, 2.75) is 84.6 Å². The molecular weight excluding hydrogens is 492 g/mol. The van der Waals surface area contributed by atoms with Crippen LogP contribution in [0, 0.1) is 23.2 Å². The Labute approximate surface area is 221 Å². The number of thiol groups is 2. The average Bonchev–Trinajstić information content (AvgIpc) is 2.75. The van der Waals surface area contributed by atoms with Crippen molar-refractivity contribution in [3.8, 4) is 0 Å². The number of esters is 4. The van der Waals surface area contributed by atoms with Gasteiger partial charge in [0.2, 0.25) is 0 Å². The molecule has 0 bridgehead atoms. The van der Waals surface area contributed by atoms with Crippen LogP contribution in [0.25, 0.3) is 0 Å². The van der Waals surface area contributed by atoms with Gasteiger partial charge in [-0.1, -0.05) is 55.4 Å². The molecule has 0 aliphatic rings. The fraction of sp³-hybridized carbons (Fsp3) is 0.840. The van der Waals surface area contributed by atoms with Gasteiger partial charge in [-0.2, -0.15) is 25.3 Å². The van der Waals surface area contributed by atoms with E-state index in [0.717, 1.165) is 0 Å². The Morgan fingerprint density at radius 2 is 1.17 bits per heavy atom. The van der Waals surface area contributed by atoms with Crippen molar-refractivity contribution in [2.75, 3.05) is 26.4 Å². The van der Waals surface area contributed by atoms with Crippen LogP contribution in [0.4, 0.5) is 0 Å². The molecule has 8 nitrogen and oxygen atoms in total. The lowest BCUT2D eigenvalue weighted by Gasteiger charge is -2.33. The van der Waals surface area contributed by atoms with Crippen molar-refractivity contribution in [1.29, 1.82) is 0 Å². The summed E-state index contributed by atoms with van der Waals surface area (Å²) in [7, 11) is 0. The minimum atomic E-state index is -1.26. The highest BCUT2D eigenvalue weighted by molar-refractivity contribution is 7.81. The third-order valence-corrected chi connectivity index (χ3v) is 5.56. The van der Waals surface area contributed by atoms with Gasteiger partial charge in [-0.25, -0.2) is 0 Å². The van der Waals surface area contributed by atoms with Crippen LogP contribution in [0.3, 0.4) is 0 Å². The Morgan fingerprint density at radius 3 is 1.57 bits per heavy atom. The van der Waals surface area contributed by atoms with Crippen molar-refractivity contribution in [3.63, 3.8) is 0 Å². The van der Waals surface area contributed by atoms with E-state index >= 15 is 0 Å². The molecule has 0 saturated heterocycles. The van der Waals surface area contributed by atoms with E-state index in [4.69, 9.17) is 18.9 Å². The summed E-state index contributed by atoms with van der Waals surface area (Å²) >= 11 is 8.79. The van der Waals surface area contributed by atoms with Gasteiger partial charge in [0.05, 0.1) is 17.8 Å². The molecule has 0 saturated carbocycles. The van der Waals surface area contributed by atoms with Gasteiger partial charge < -0.3 is 18.9 Å². The molecule has 0 spiro atoms. The Morgan fingerprint density at radius 1 is 0.743 bits per heavy atom. The zero-order chi connectivity index (χ0) is 27.4. The van der Waals surface area contributed by atoms with Gasteiger partial charge in [0.15, 0.2) is 0 Å². The summed E-state index contributed by atoms with van der Waals surface area (Å²) in [5, 5.41) is -0.00154. The van der Waals surface area contributed by atoms with Crippen molar-refractivity contribution in [1.82, 2.24) is 0 Å². The number of hydrogen-bond donors (Lipinski definition) is 2. The fourth-order valence-electron chi connectivity index (χ4n) is 3.15. The lowest BCUT2D eigenvalue weighted by molar-refractivity contribution is -0.174. The normalized spacial score (nSPS) is 16.0. The molecule has 0 heterocycles. The van der Waals surface area contributed by atoms with Crippen LogP contribution in [0.15, 0.2) is 0 Å². The predicted molar refractivity (Wildman–Crippen MR) is 140 cm³/mol. The van der Waals surface area contributed by atoms with Crippen LogP contribution in [-0.4, -0.2) is 60.3 Å². The van der Waals surface area contributed by atoms with Crippen molar-refractivity contribution in [2.24, 2.45) is 23.2 Å². The van der Waals surface area contributed by atoms with Gasteiger partial charge in [-0.3, -0.25) is 19.2 Å². The maximum Gasteiger partial charge on any atom is 0.308 e. The molecule has 0 fully saturated rings. The average molecular weight is 537 g/mol. The SMILES string of the molecule is CCC(=O)OCC(COC(=O)C(C)C)(COC(=O)C(C)CC(C)S)COC(=O)C(C)CC(C)(C)S. The lowest BCUT2D eigenvalue weighted by Crippen LogP contribution is -2.45. The van der Waals surface area contributed by atoms with Crippen LogP contribution < -0.4 is 0 Å². The standard InChI is InChI=1S/C25H44O8S2/c1-9-20(26)30-12-25(13-31-21(27)16(2)3,14-32-22(28)17(4)10-19(6)34)15-33-23(29)18(5)11-24(7,8)35/h16-19,34-35H,9-15H2,1-8H3. The summed E-state index contributed by atoms with van der Waals surface area (Å²) in [5.74, 6) is -3.17. The van der Waals surface area contributed by atoms with Gasteiger partial charge in [0.25, 0.3) is 0 Å². The molecule has 0 amide bonds. The molecular formula is C25H44O8S2. The molecule has 4 unspecified atom stereocenters. The first-order chi connectivity index (χ1) is 16.0. The Bertz CT molecular complexity index is 702. The minimum absolute atomic E-state index is 0.00154. The zero-order valence-electron chi connectivity index (χ0n) is 22.4. The third kappa shape index (κ3) is 14.7. The first-order valence-corrected chi connectivity index (χ1v) is 13.0. The zero-order valence-corrected chi connectivity index (χ0v) is 24.2. The topological polar surface area (TPSA) is 105 Å². The molecule has 0 radical (unpaired) electrons. The Balaban J connectivity index is 5.75. The number of hydrogen-bond acceptors (Lipinski definition) is 10. The monoisotopic (exact) mass is 536 g/mol. The molecule has 0 aromatic heterocycles. The molecule has 204 valence electrons. The maximum atomic E-state index is 12.7. The molecule has 0 rings (SSSR count). The number of ether oxygens (including phenoxy) is 4. The van der Waals surface area contributed by atoms with Crippen molar-refractivity contribution >= 4 is 49.1 Å². The largest absolute Gasteiger partial charge is 0.465 e. The highest BCUT2D eigenvalue weighted by atomic mass is 32.1. The maximum absolute atomic E-state index is 12.7. The van der Waals surface area contributed by atoms with E-state index in [1.54, 1.807) is 34.6 Å². The van der Waals surface area contributed by atoms with Gasteiger partial charge in [0.1, 0.15) is 31.8 Å². The van der Waals surface area contributed by atoms with E-state index in [0.29, 0.717) is 12.8 Å². The van der Waals surface area contributed by atoms with Gasteiger partial charge in [0, 0.05) is 11.2 Å². The van der Waals surface area contributed by atoms with E-state index in [1.807, 2.05) is 20.8 Å². The van der Waals surface area contributed by atoms with Gasteiger partial charge >= 0.3 is 23.9 Å². The summed E-state index contributed by atoms with van der Waals surface area (Å²) < 4.78 is 21.5. The number of rotatable bonds is 16. The van der Waals surface area contributed by atoms with E-state index < -0.39 is 47.0 Å². The molecule has 0 N–H and O–H groups in total. The van der Waals surface area contributed by atoms with Crippen LogP contribution in [-0.2, 0) is 38.1 Å². The van der Waals surface area contributed by atoms with Crippen molar-refractivity contribution in [3.05, 3.63) is 0 Å². The quantitative estimate of drug-likeness (QED) is 0.171. The van der Waals surface area contributed by atoms with E-state index in [-0.39, 0.29) is 42.8 Å². The van der Waals surface area contributed by atoms with Crippen LogP contribution in [0.5, 0.6) is 0 Å². The van der Waals surface area contributed by atoms with Crippen molar-refractivity contribution < 1.29 is 38.1 Å². The molecule has 0 aliphatic heterocycles. The first-order valence-electron chi connectivity index (χ1n) is 12.1. The summed E-state index contributed by atoms with van der Waals surface area (Å²) in [6, 6.07) is 0. The highest BCUT2D eigenvalue weighted by Crippen LogP contribution is 2.26. The molecule has 0 aromatic carbocycles. The minimum Gasteiger partial charge on any atom is -0.465 e. The van der Waals surface area contributed by atoms with E-state index in [2.05, 4.69) is 25.3 Å². The van der Waals surface area contributed by atoms with Gasteiger partial charge in [-0.15, -0.1) is 0 Å². The second-order valence-corrected chi connectivity index (χ2v) is 12.5. The fourth-order valence-corrected chi connectivity index (χ4v) is 3.74. The summed E-state index contributed by atoms with van der Waals surface area (Å²) in [4.78, 5) is 49.4. The third-order valence-electron chi connectivity index (χ3n) is 5.17. The van der Waals surface area contributed by atoms with Crippen LogP contribution in [0.2, 0.25) is 0 Å². The molecule has 4 atom stereocenters. The molecule has 35 heavy (non-hydrogen) atoms. The molecule has 0 aliphatic carbocycles. The molecule has 0 aromatic rings. The predicted octanol–water partition coefficient (Wildman–Crippen LogP) is 4.29. The smallest absolute Gasteiger partial charge is 0.308 e. The van der Waals surface area contributed by atoms with Crippen LogP contribution >= 0.6 is 25.3 Å². The van der Waals surface area contributed by atoms with Crippen LogP contribution in [0.1, 0.15) is 74.7 Å². The summed E-state index contributed by atoms with van der Waals surface area (Å²) in [6.45, 7) is 13.1. The summed E-state index contributed by atoms with van der Waals surface area (Å²) in [6.07, 6.45) is 1.12. The second-order valence-electron chi connectivity index (χ2n) is 10.4. The van der Waals surface area contributed by atoms with E-state index in [9.17, 15) is 19.2 Å². The van der Waals surface area contributed by atoms with Gasteiger partial charge in [-0.05, 0) is 18.1 Å². The number of carbonyl (C=O) groups excluding carboxylic acids is 4. The second kappa shape index (κ2) is 15.6. The summed E-state index contributed by atoms with van der Waals surface area (Å²) in [5.41, 5.74) is -1.26. The first kappa shape index (κ1) is 33.6. The lowest BCUT2D eigenvalue weighted by atomic mass is 9.91. The molecule has 10 heteroatoms. The highest BCUT2D eigenvalue weighted by Gasteiger charge is 2.39. The van der Waals surface area contributed by atoms with E-state index in [1.165, 1.54) is 0 Å². The Kier molecular flexibility index (Phi) is 15.0.